The number of carbonyl (C=O) groups is 1. The minimum Gasteiger partial charge on any atom is -0.434 e. The van der Waals surface area contributed by atoms with Crippen LogP contribution in [-0.2, 0) is 14.8 Å². The lowest BCUT2D eigenvalue weighted by Crippen LogP contribution is -2.37. The smallest absolute Gasteiger partial charge is 0.340 e. The number of ether oxygens (including phenoxy) is 1. The number of halogens is 1. The second kappa shape index (κ2) is 9.93. The van der Waals surface area contributed by atoms with Crippen LogP contribution in [-0.4, -0.2) is 42.3 Å². The molecule has 0 bridgehead atoms. The van der Waals surface area contributed by atoms with Gasteiger partial charge in [0.1, 0.15) is 0 Å². The predicted octanol–water partition coefficient (Wildman–Crippen LogP) is 3.55. The molecule has 4 rings (SSSR count). The third kappa shape index (κ3) is 5.53. The third-order valence-corrected chi connectivity index (χ3v) is 6.23. The first-order valence-corrected chi connectivity index (χ1v) is 11.7. The van der Waals surface area contributed by atoms with Crippen LogP contribution in [0.5, 0.6) is 0 Å². The number of carbonyl (C=O) groups excluding carboxylic acids is 1. The minimum absolute atomic E-state index is 0.00829. The minimum atomic E-state index is -3.86. The molecule has 0 aliphatic carbocycles. The van der Waals surface area contributed by atoms with Crippen LogP contribution in [0.25, 0.3) is 0 Å². The molecule has 1 aliphatic rings. The van der Waals surface area contributed by atoms with Crippen molar-refractivity contribution in [1.29, 1.82) is 0 Å². The van der Waals surface area contributed by atoms with Gasteiger partial charge >= 0.3 is 5.97 Å². The number of hydrogen-bond acceptors (Lipinski definition) is 10. The number of esters is 1. The molecule has 13 heteroatoms. The first-order chi connectivity index (χ1) is 16.3. The van der Waals surface area contributed by atoms with Crippen LogP contribution >= 0.6 is 11.6 Å². The highest BCUT2D eigenvalue weighted by molar-refractivity contribution is 7.92. The summed E-state index contributed by atoms with van der Waals surface area (Å²) in [5.41, 5.74) is 4.03. The fraction of sp³-hybridized carbons (Fsp3) is 0.143. The van der Waals surface area contributed by atoms with E-state index in [1.54, 1.807) is 37.3 Å². The standard InChI is InChI=1S/C21H18ClN7O4S/c1-13-18(19(28-25-13)33-20(30)14-3-5-15(22)6-4-14)27-26-16-7-9-17(10-8-16)34(31,32)29-21-23-11-2-12-24-21/h2-12,18-19,28H,1H3,(H,23,24,29). The zero-order chi connectivity index (χ0) is 24.1. The summed E-state index contributed by atoms with van der Waals surface area (Å²) >= 11 is 5.85. The van der Waals surface area contributed by atoms with Crippen molar-refractivity contribution in [3.8, 4) is 0 Å². The van der Waals surface area contributed by atoms with Gasteiger partial charge in [-0.3, -0.25) is 5.43 Å². The number of nitrogens with zero attached hydrogens (tertiary/aromatic N) is 5. The van der Waals surface area contributed by atoms with Crippen molar-refractivity contribution in [1.82, 2.24) is 15.4 Å². The molecule has 0 fully saturated rings. The molecule has 1 aromatic heterocycles. The molecule has 0 saturated carbocycles. The van der Waals surface area contributed by atoms with Crippen LogP contribution in [0.2, 0.25) is 5.02 Å². The van der Waals surface area contributed by atoms with E-state index < -0.39 is 28.3 Å². The Morgan fingerprint density at radius 3 is 2.44 bits per heavy atom. The summed E-state index contributed by atoms with van der Waals surface area (Å²) in [6.45, 7) is 1.72. The molecule has 0 radical (unpaired) electrons. The monoisotopic (exact) mass is 499 g/mol. The number of benzene rings is 2. The molecule has 2 aromatic carbocycles. The fourth-order valence-electron chi connectivity index (χ4n) is 2.88. The molecule has 2 heterocycles. The van der Waals surface area contributed by atoms with E-state index in [0.29, 0.717) is 22.0 Å². The lowest BCUT2D eigenvalue weighted by atomic mass is 10.2. The predicted molar refractivity (Wildman–Crippen MR) is 124 cm³/mol. The lowest BCUT2D eigenvalue weighted by Gasteiger charge is -2.16. The van der Waals surface area contributed by atoms with Crippen molar-refractivity contribution >= 4 is 44.9 Å². The summed E-state index contributed by atoms with van der Waals surface area (Å²) in [5.74, 6) is -0.599. The first-order valence-electron chi connectivity index (χ1n) is 9.89. The van der Waals surface area contributed by atoms with E-state index in [0.717, 1.165) is 0 Å². The molecule has 2 atom stereocenters. The summed E-state index contributed by atoms with van der Waals surface area (Å²) in [5, 5.41) is 12.9. The number of aromatic nitrogens is 2. The number of hydrogen-bond donors (Lipinski definition) is 2. The SMILES string of the molecule is CC1=NNC(OC(=O)c2ccc(Cl)cc2)C1N=Nc1ccc(S(=O)(=O)Nc2ncccn2)cc1. The molecule has 0 spiro atoms. The number of azo groups is 1. The quantitative estimate of drug-likeness (QED) is 0.373. The Morgan fingerprint density at radius 1 is 1.09 bits per heavy atom. The van der Waals surface area contributed by atoms with Gasteiger partial charge in [0.2, 0.25) is 12.2 Å². The topological polar surface area (TPSA) is 147 Å². The molecule has 174 valence electrons. The Labute approximate surface area is 200 Å². The van der Waals surface area contributed by atoms with Crippen molar-refractivity contribution in [3.63, 3.8) is 0 Å². The molecule has 1 aliphatic heterocycles. The number of anilines is 1. The number of nitrogens with one attached hydrogen (secondary N) is 2. The van der Waals surface area contributed by atoms with Gasteiger partial charge in [-0.25, -0.2) is 27.9 Å². The van der Waals surface area contributed by atoms with E-state index in [-0.39, 0.29) is 10.8 Å². The van der Waals surface area contributed by atoms with Gasteiger partial charge in [0.05, 0.1) is 21.9 Å². The van der Waals surface area contributed by atoms with Gasteiger partial charge in [-0.15, -0.1) is 0 Å². The average molecular weight is 500 g/mol. The molecule has 0 saturated heterocycles. The van der Waals surface area contributed by atoms with Crippen molar-refractivity contribution < 1.29 is 17.9 Å². The Morgan fingerprint density at radius 2 is 1.76 bits per heavy atom. The molecule has 3 aromatic rings. The average Bonchev–Trinajstić information content (AvgIpc) is 3.17. The number of hydrazone groups is 1. The molecule has 2 unspecified atom stereocenters. The van der Waals surface area contributed by atoms with E-state index in [2.05, 4.69) is 35.4 Å². The second-order valence-corrected chi connectivity index (χ2v) is 9.17. The van der Waals surface area contributed by atoms with E-state index in [4.69, 9.17) is 16.3 Å². The van der Waals surface area contributed by atoms with Gasteiger partial charge in [-0.2, -0.15) is 15.3 Å². The van der Waals surface area contributed by atoms with Gasteiger partial charge in [0.15, 0.2) is 6.04 Å². The van der Waals surface area contributed by atoms with Gasteiger partial charge < -0.3 is 4.74 Å². The molecular formula is C21H18ClN7O4S. The summed E-state index contributed by atoms with van der Waals surface area (Å²) in [6, 6.07) is 13.0. The first kappa shape index (κ1) is 23.3. The summed E-state index contributed by atoms with van der Waals surface area (Å²) in [4.78, 5) is 20.1. The van der Waals surface area contributed by atoms with Crippen LogP contribution < -0.4 is 10.1 Å². The maximum Gasteiger partial charge on any atom is 0.340 e. The molecule has 11 nitrogen and oxygen atoms in total. The van der Waals surface area contributed by atoms with Crippen LogP contribution in [0.4, 0.5) is 11.6 Å². The van der Waals surface area contributed by atoms with Crippen molar-refractivity contribution in [2.45, 2.75) is 24.1 Å². The maximum absolute atomic E-state index is 12.5. The highest BCUT2D eigenvalue weighted by atomic mass is 35.5. The van der Waals surface area contributed by atoms with Gasteiger partial charge in [0, 0.05) is 17.4 Å². The number of rotatable bonds is 7. The van der Waals surface area contributed by atoms with Gasteiger partial charge in [-0.1, -0.05) is 11.6 Å². The summed E-state index contributed by atoms with van der Waals surface area (Å²) < 4.78 is 32.7. The maximum atomic E-state index is 12.5. The third-order valence-electron chi connectivity index (χ3n) is 4.63. The van der Waals surface area contributed by atoms with Gasteiger partial charge in [0.25, 0.3) is 10.0 Å². The Kier molecular flexibility index (Phi) is 6.80. The molecule has 0 amide bonds. The second-order valence-electron chi connectivity index (χ2n) is 7.05. The zero-order valence-electron chi connectivity index (χ0n) is 17.7. The van der Waals surface area contributed by atoms with Crippen LogP contribution in [0.15, 0.2) is 87.2 Å². The van der Waals surface area contributed by atoms with Crippen LogP contribution in [0, 0.1) is 0 Å². The van der Waals surface area contributed by atoms with Gasteiger partial charge in [-0.05, 0) is 61.5 Å². The molecule has 2 N–H and O–H groups in total. The van der Waals surface area contributed by atoms with E-state index in [9.17, 15) is 13.2 Å². The lowest BCUT2D eigenvalue weighted by molar-refractivity contribution is 0.0227. The normalized spacial score (nSPS) is 17.8. The Bertz CT molecular complexity index is 1330. The highest BCUT2D eigenvalue weighted by Crippen LogP contribution is 2.21. The number of sulfonamides is 1. The van der Waals surface area contributed by atoms with Crippen LogP contribution in [0.3, 0.4) is 0 Å². The Hall–Kier alpha value is -3.90. The molecular weight excluding hydrogens is 482 g/mol. The Balaban J connectivity index is 1.42. The van der Waals surface area contributed by atoms with E-state index in [1.807, 2.05) is 0 Å². The summed E-state index contributed by atoms with van der Waals surface area (Å²) in [6.07, 6.45) is 2.01. The zero-order valence-corrected chi connectivity index (χ0v) is 19.2. The van der Waals surface area contributed by atoms with Crippen molar-refractivity contribution in [2.75, 3.05) is 4.72 Å². The fourth-order valence-corrected chi connectivity index (χ4v) is 3.96. The summed E-state index contributed by atoms with van der Waals surface area (Å²) in [7, 11) is -3.86. The van der Waals surface area contributed by atoms with E-state index in [1.165, 1.54) is 36.7 Å². The van der Waals surface area contributed by atoms with E-state index >= 15 is 0 Å². The van der Waals surface area contributed by atoms with Crippen molar-refractivity contribution in [2.24, 2.45) is 15.3 Å². The van der Waals surface area contributed by atoms with Crippen LogP contribution in [0.1, 0.15) is 17.3 Å². The highest BCUT2D eigenvalue weighted by Gasteiger charge is 2.33. The van der Waals surface area contributed by atoms with Crippen molar-refractivity contribution in [3.05, 3.63) is 77.6 Å². The largest absolute Gasteiger partial charge is 0.434 e. The molecule has 34 heavy (non-hydrogen) atoms.